The summed E-state index contributed by atoms with van der Waals surface area (Å²) in [5.74, 6) is 1.01. The molecule has 0 aliphatic carbocycles. The highest BCUT2D eigenvalue weighted by Crippen LogP contribution is 2.21. The van der Waals surface area contributed by atoms with E-state index in [1.165, 1.54) is 6.07 Å². The monoisotopic (exact) mass is 364 g/mol. The number of aryl methyl sites for hydroxylation is 1. The van der Waals surface area contributed by atoms with Gasteiger partial charge in [0.2, 0.25) is 11.4 Å². The predicted octanol–water partition coefficient (Wildman–Crippen LogP) is 2.31. The lowest BCUT2D eigenvalue weighted by Gasteiger charge is -2.32. The lowest BCUT2D eigenvalue weighted by Crippen LogP contribution is -2.44. The average molecular weight is 364 g/mol. The molecule has 1 aromatic carbocycles. The van der Waals surface area contributed by atoms with Crippen molar-refractivity contribution >= 4 is 16.8 Å². The van der Waals surface area contributed by atoms with Crippen LogP contribution in [0.15, 0.2) is 47.4 Å². The number of aromatic amines is 1. The number of piperidine rings is 1. The lowest BCUT2D eigenvalue weighted by molar-refractivity contribution is 0.0528. The van der Waals surface area contributed by atoms with Gasteiger partial charge in [-0.2, -0.15) is 4.98 Å². The van der Waals surface area contributed by atoms with Crippen molar-refractivity contribution in [2.75, 3.05) is 13.1 Å². The molecule has 0 radical (unpaired) electrons. The van der Waals surface area contributed by atoms with Crippen molar-refractivity contribution in [3.63, 3.8) is 0 Å². The van der Waals surface area contributed by atoms with Crippen LogP contribution in [-0.4, -0.2) is 45.0 Å². The Hall–Kier alpha value is -3.22. The number of ether oxygens (including phenoxy) is 1. The van der Waals surface area contributed by atoms with E-state index in [0.29, 0.717) is 35.9 Å². The van der Waals surface area contributed by atoms with E-state index in [9.17, 15) is 9.59 Å². The third-order valence-electron chi connectivity index (χ3n) is 4.68. The number of likely N-dealkylation sites (tertiary alicyclic amines) is 1. The number of benzene rings is 1. The Bertz CT molecular complexity index is 1050. The summed E-state index contributed by atoms with van der Waals surface area (Å²) in [6, 6.07) is 10.4. The Kier molecular flexibility index (Phi) is 4.58. The zero-order chi connectivity index (χ0) is 18.8. The molecule has 7 heteroatoms. The Balaban J connectivity index is 1.56. The fourth-order valence-electron chi connectivity index (χ4n) is 3.44. The second kappa shape index (κ2) is 7.19. The van der Waals surface area contributed by atoms with E-state index in [4.69, 9.17) is 4.74 Å². The Morgan fingerprint density at radius 3 is 3.00 bits per heavy atom. The number of nitrogens with zero attached hydrogens (tertiary/aromatic N) is 3. The van der Waals surface area contributed by atoms with Gasteiger partial charge in [-0.15, -0.1) is 0 Å². The van der Waals surface area contributed by atoms with Crippen LogP contribution in [0.1, 0.15) is 29.0 Å². The van der Waals surface area contributed by atoms with Crippen molar-refractivity contribution in [2.24, 2.45) is 0 Å². The first-order valence-electron chi connectivity index (χ1n) is 8.98. The smallest absolute Gasteiger partial charge is 0.254 e. The molecule has 2 aromatic heterocycles. The van der Waals surface area contributed by atoms with E-state index in [1.807, 2.05) is 25.1 Å². The zero-order valence-corrected chi connectivity index (χ0v) is 15.0. The van der Waals surface area contributed by atoms with Gasteiger partial charge in [0.05, 0.1) is 12.1 Å². The van der Waals surface area contributed by atoms with E-state index < -0.39 is 0 Å². The van der Waals surface area contributed by atoms with Crippen molar-refractivity contribution in [1.82, 2.24) is 19.9 Å². The topological polar surface area (TPSA) is 88.2 Å². The van der Waals surface area contributed by atoms with Crippen molar-refractivity contribution < 1.29 is 9.53 Å². The van der Waals surface area contributed by atoms with Gasteiger partial charge in [0.25, 0.3) is 5.91 Å². The molecule has 3 heterocycles. The second-order valence-corrected chi connectivity index (χ2v) is 6.67. The van der Waals surface area contributed by atoms with E-state index in [-0.39, 0.29) is 17.6 Å². The van der Waals surface area contributed by atoms with Crippen LogP contribution in [-0.2, 0) is 0 Å². The van der Waals surface area contributed by atoms with Crippen LogP contribution >= 0.6 is 0 Å². The van der Waals surface area contributed by atoms with Gasteiger partial charge in [-0.3, -0.25) is 9.59 Å². The first-order valence-corrected chi connectivity index (χ1v) is 8.98. The van der Waals surface area contributed by atoms with Gasteiger partial charge in [-0.25, -0.2) is 4.98 Å². The van der Waals surface area contributed by atoms with Crippen molar-refractivity contribution in [3.05, 3.63) is 64.3 Å². The summed E-state index contributed by atoms with van der Waals surface area (Å²) in [6.45, 7) is 2.91. The highest BCUT2D eigenvalue weighted by Gasteiger charge is 2.27. The van der Waals surface area contributed by atoms with Crippen LogP contribution in [0.25, 0.3) is 10.9 Å². The molecule has 138 valence electrons. The zero-order valence-electron chi connectivity index (χ0n) is 15.0. The average Bonchev–Trinajstić information content (AvgIpc) is 2.67. The molecular formula is C20H20N4O3. The number of amides is 1. The normalized spacial score (nSPS) is 17.1. The molecular weight excluding hydrogens is 344 g/mol. The first-order chi connectivity index (χ1) is 13.1. The molecule has 1 saturated heterocycles. The van der Waals surface area contributed by atoms with Crippen molar-refractivity contribution in [2.45, 2.75) is 25.9 Å². The Labute approximate surface area is 156 Å². The Morgan fingerprint density at radius 1 is 1.30 bits per heavy atom. The van der Waals surface area contributed by atoms with Gasteiger partial charge in [-0.05, 0) is 25.8 Å². The van der Waals surface area contributed by atoms with Crippen LogP contribution < -0.4 is 10.3 Å². The van der Waals surface area contributed by atoms with E-state index >= 15 is 0 Å². The molecule has 1 atom stereocenters. The minimum atomic E-state index is -0.279. The number of aromatic nitrogens is 3. The summed E-state index contributed by atoms with van der Waals surface area (Å²) in [4.78, 5) is 37.9. The van der Waals surface area contributed by atoms with Gasteiger partial charge in [0, 0.05) is 35.8 Å². The summed E-state index contributed by atoms with van der Waals surface area (Å²) >= 11 is 0. The summed E-state index contributed by atoms with van der Waals surface area (Å²) in [7, 11) is 0. The first kappa shape index (κ1) is 17.2. The highest BCUT2D eigenvalue weighted by atomic mass is 16.5. The van der Waals surface area contributed by atoms with Crippen LogP contribution in [0.5, 0.6) is 5.88 Å². The summed E-state index contributed by atoms with van der Waals surface area (Å²) in [5, 5.41) is 0.747. The third kappa shape index (κ3) is 3.67. The maximum Gasteiger partial charge on any atom is 0.254 e. The van der Waals surface area contributed by atoms with Gasteiger partial charge >= 0.3 is 0 Å². The van der Waals surface area contributed by atoms with Gasteiger partial charge in [0.1, 0.15) is 11.9 Å². The van der Waals surface area contributed by atoms with Gasteiger partial charge < -0.3 is 14.6 Å². The maximum absolute atomic E-state index is 13.1. The molecule has 0 spiro atoms. The molecule has 1 amide bonds. The number of fused-ring (bicyclic) bond motifs is 1. The van der Waals surface area contributed by atoms with Gasteiger partial charge in [-0.1, -0.05) is 18.2 Å². The second-order valence-electron chi connectivity index (χ2n) is 6.67. The number of H-pyrrole nitrogens is 1. The number of nitrogens with one attached hydrogen (secondary N) is 1. The van der Waals surface area contributed by atoms with Crippen LogP contribution in [0.2, 0.25) is 0 Å². The quantitative estimate of drug-likeness (QED) is 0.770. The van der Waals surface area contributed by atoms with Crippen LogP contribution in [0, 0.1) is 6.92 Å². The minimum absolute atomic E-state index is 0.134. The van der Waals surface area contributed by atoms with E-state index in [2.05, 4.69) is 15.0 Å². The molecule has 0 saturated carbocycles. The number of carbonyl (C=O) groups excluding carboxylic acids is 1. The fourth-order valence-corrected chi connectivity index (χ4v) is 3.44. The highest BCUT2D eigenvalue weighted by molar-refractivity contribution is 6.05. The molecule has 1 N–H and O–H groups in total. The SMILES string of the molecule is Cc1nccc(OC2CCCN(C(=O)c3cc(=O)[nH]c4ccccc34)C2)n1. The number of hydrogen-bond donors (Lipinski definition) is 1. The number of para-hydroxylation sites is 1. The molecule has 7 nitrogen and oxygen atoms in total. The molecule has 1 aliphatic heterocycles. The van der Waals surface area contributed by atoms with Crippen LogP contribution in [0.4, 0.5) is 0 Å². The number of carbonyl (C=O) groups is 1. The van der Waals surface area contributed by atoms with E-state index in [0.717, 1.165) is 18.2 Å². The minimum Gasteiger partial charge on any atom is -0.472 e. The molecule has 0 bridgehead atoms. The molecule has 27 heavy (non-hydrogen) atoms. The molecule has 1 unspecified atom stereocenters. The predicted molar refractivity (Wildman–Crippen MR) is 101 cm³/mol. The summed E-state index contributed by atoms with van der Waals surface area (Å²) in [6.07, 6.45) is 3.21. The third-order valence-corrected chi connectivity index (χ3v) is 4.68. The van der Waals surface area contributed by atoms with Gasteiger partial charge in [0.15, 0.2) is 0 Å². The maximum atomic E-state index is 13.1. The van der Waals surface area contributed by atoms with E-state index in [1.54, 1.807) is 23.2 Å². The molecule has 4 rings (SSSR count). The van der Waals surface area contributed by atoms with Crippen LogP contribution in [0.3, 0.4) is 0 Å². The van der Waals surface area contributed by atoms with Crippen molar-refractivity contribution in [1.29, 1.82) is 0 Å². The lowest BCUT2D eigenvalue weighted by atomic mass is 10.0. The number of pyridine rings is 1. The molecule has 1 fully saturated rings. The molecule has 1 aliphatic rings. The molecule has 3 aromatic rings. The number of rotatable bonds is 3. The van der Waals surface area contributed by atoms with Crippen molar-refractivity contribution in [3.8, 4) is 5.88 Å². The standard InChI is InChI=1S/C20H20N4O3/c1-13-21-9-8-19(22-13)27-14-5-4-10-24(12-14)20(26)16-11-18(25)23-17-7-3-2-6-15(16)17/h2-3,6-9,11,14H,4-5,10,12H2,1H3,(H,23,25). The summed E-state index contributed by atoms with van der Waals surface area (Å²) < 4.78 is 5.95. The summed E-state index contributed by atoms with van der Waals surface area (Å²) in [5.41, 5.74) is 0.806. The fraction of sp³-hybridized carbons (Fsp3) is 0.300. The number of hydrogen-bond acceptors (Lipinski definition) is 5. The Morgan fingerprint density at radius 2 is 2.15 bits per heavy atom. The largest absolute Gasteiger partial charge is 0.472 e.